The van der Waals surface area contributed by atoms with E-state index in [0.29, 0.717) is 64.6 Å². The topological polar surface area (TPSA) is 74.6 Å². The van der Waals surface area contributed by atoms with E-state index in [1.165, 1.54) is 12.1 Å². The molecular weight excluding hydrogens is 567 g/mol. The van der Waals surface area contributed by atoms with Crippen LogP contribution in [0.25, 0.3) is 32.9 Å². The number of anilines is 1. The third-order valence-corrected chi connectivity index (χ3v) is 10.4. The van der Waals surface area contributed by atoms with Crippen molar-refractivity contribution < 1.29 is 23.0 Å². The van der Waals surface area contributed by atoms with Crippen molar-refractivity contribution in [2.24, 2.45) is 0 Å². The van der Waals surface area contributed by atoms with Gasteiger partial charge in [-0.1, -0.05) is 13.0 Å². The quantitative estimate of drug-likeness (QED) is 0.274. The number of hydrogen-bond acceptors (Lipinski definition) is 7. The van der Waals surface area contributed by atoms with E-state index in [9.17, 15) is 9.50 Å². The highest BCUT2D eigenvalue weighted by molar-refractivity contribution is 6.02. The molecule has 1 N–H and O–H groups in total. The first-order valence-electron chi connectivity index (χ1n) is 16.0. The molecule has 0 unspecified atom stereocenters. The van der Waals surface area contributed by atoms with E-state index in [0.717, 1.165) is 51.6 Å². The van der Waals surface area contributed by atoms with E-state index >= 15 is 8.78 Å². The number of aryl methyl sites for hydroxylation is 2. The van der Waals surface area contributed by atoms with Gasteiger partial charge in [0.2, 0.25) is 0 Å². The van der Waals surface area contributed by atoms with Crippen molar-refractivity contribution in [3.8, 4) is 23.0 Å². The van der Waals surface area contributed by atoms with Crippen LogP contribution in [0.5, 0.6) is 11.8 Å². The van der Waals surface area contributed by atoms with Gasteiger partial charge in [-0.3, -0.25) is 4.90 Å². The highest BCUT2D eigenvalue weighted by atomic mass is 19.1. The summed E-state index contributed by atoms with van der Waals surface area (Å²) in [5.41, 5.74) is 1.20. The Labute approximate surface area is 254 Å². The summed E-state index contributed by atoms with van der Waals surface area (Å²) < 4.78 is 52.7. The second-order valence-electron chi connectivity index (χ2n) is 13.0. The van der Waals surface area contributed by atoms with Crippen LogP contribution in [-0.2, 0) is 12.8 Å². The first-order valence-corrected chi connectivity index (χ1v) is 16.0. The van der Waals surface area contributed by atoms with Crippen LogP contribution in [0, 0.1) is 11.6 Å². The van der Waals surface area contributed by atoms with Gasteiger partial charge >= 0.3 is 6.01 Å². The molecule has 6 heterocycles. The summed E-state index contributed by atoms with van der Waals surface area (Å²) in [6.45, 7) is 4.15. The molecule has 230 valence electrons. The molecule has 0 bridgehead atoms. The molecule has 0 radical (unpaired) electrons. The van der Waals surface area contributed by atoms with E-state index in [2.05, 4.69) is 14.8 Å². The summed E-state index contributed by atoms with van der Waals surface area (Å²) in [6.07, 6.45) is 6.34. The van der Waals surface area contributed by atoms with E-state index in [-0.39, 0.29) is 41.4 Å². The summed E-state index contributed by atoms with van der Waals surface area (Å²) >= 11 is 0. The number of aromatic hydroxyl groups is 1. The smallest absolute Gasteiger partial charge is 0.319 e. The van der Waals surface area contributed by atoms with Gasteiger partial charge in [0.15, 0.2) is 5.82 Å². The molecule has 10 heteroatoms. The molecule has 0 spiro atoms. The van der Waals surface area contributed by atoms with Crippen molar-refractivity contribution in [3.05, 3.63) is 47.2 Å². The molecule has 44 heavy (non-hydrogen) atoms. The Morgan fingerprint density at radius 2 is 1.93 bits per heavy atom. The lowest BCUT2D eigenvalue weighted by molar-refractivity contribution is 0.107. The molecule has 4 aliphatic rings. The minimum Gasteiger partial charge on any atom is -0.508 e. The molecule has 0 saturated carbocycles. The number of fused-ring (bicyclic) bond motifs is 4. The molecule has 3 atom stereocenters. The number of piperidine rings is 1. The Balaban J connectivity index is 1.33. The molecule has 4 aromatic rings. The fourth-order valence-corrected chi connectivity index (χ4v) is 8.40. The molecule has 4 aliphatic heterocycles. The number of rotatable bonds is 5. The van der Waals surface area contributed by atoms with Gasteiger partial charge in [0.1, 0.15) is 41.4 Å². The average Bonchev–Trinajstić information content (AvgIpc) is 3.49. The molecular formula is C34H36F3N5O2. The fourth-order valence-electron chi connectivity index (χ4n) is 8.40. The van der Waals surface area contributed by atoms with Crippen LogP contribution in [0.4, 0.5) is 19.0 Å². The van der Waals surface area contributed by atoms with Crippen molar-refractivity contribution >= 4 is 27.5 Å². The summed E-state index contributed by atoms with van der Waals surface area (Å²) in [7, 11) is 0. The van der Waals surface area contributed by atoms with Gasteiger partial charge in [-0.15, -0.1) is 0 Å². The number of nitrogens with zero attached hydrogens (tertiary/aromatic N) is 5. The van der Waals surface area contributed by atoms with Gasteiger partial charge in [0.05, 0.1) is 16.6 Å². The zero-order valence-electron chi connectivity index (χ0n) is 24.9. The zero-order valence-corrected chi connectivity index (χ0v) is 24.9. The standard InChI is InChI=1S/C34H36F3N5O2/c1-2-23-25(36)9-7-19-14-22(43)15-24(27(19)23)30-29(37)31-28-26(38-30)10-8-21-6-3-4-13-42(21)32(28)40-33(39-31)44-18-34-11-5-12-41(34)17-20(35)16-34/h7,9,14-15,20-21,43H,2-6,8,10-13,16-18H2,1H3/t20-,21+,34+/m1/s1. The number of ether oxygens (including phenoxy) is 1. The van der Waals surface area contributed by atoms with Crippen molar-refractivity contribution in [1.29, 1.82) is 0 Å². The highest BCUT2D eigenvalue weighted by Gasteiger charge is 2.49. The molecule has 3 fully saturated rings. The van der Waals surface area contributed by atoms with E-state index in [1.54, 1.807) is 12.1 Å². The van der Waals surface area contributed by atoms with Crippen molar-refractivity contribution in [2.75, 3.05) is 31.1 Å². The largest absolute Gasteiger partial charge is 0.508 e. The lowest BCUT2D eigenvalue weighted by Gasteiger charge is -2.36. The van der Waals surface area contributed by atoms with Crippen molar-refractivity contribution in [3.63, 3.8) is 0 Å². The van der Waals surface area contributed by atoms with Gasteiger partial charge < -0.3 is 14.7 Å². The summed E-state index contributed by atoms with van der Waals surface area (Å²) in [4.78, 5) is 18.9. The summed E-state index contributed by atoms with van der Waals surface area (Å²) in [5.74, 6) is -0.458. The molecule has 3 saturated heterocycles. The maximum atomic E-state index is 17.0. The minimum absolute atomic E-state index is 0.0285. The third kappa shape index (κ3) is 4.31. The van der Waals surface area contributed by atoms with Gasteiger partial charge in [-0.25, -0.2) is 18.2 Å². The maximum absolute atomic E-state index is 17.0. The molecule has 8 rings (SSSR count). The number of phenolic OH excluding ortho intramolecular Hbond substituents is 1. The predicted molar refractivity (Wildman–Crippen MR) is 163 cm³/mol. The number of halogens is 3. The first kappa shape index (κ1) is 27.9. The Kier molecular flexibility index (Phi) is 6.63. The monoisotopic (exact) mass is 603 g/mol. The summed E-state index contributed by atoms with van der Waals surface area (Å²) in [5, 5.41) is 12.4. The Morgan fingerprint density at radius 3 is 2.80 bits per heavy atom. The number of phenols is 1. The second-order valence-corrected chi connectivity index (χ2v) is 13.0. The van der Waals surface area contributed by atoms with Crippen LogP contribution in [-0.4, -0.2) is 69.0 Å². The second kappa shape index (κ2) is 10.5. The minimum atomic E-state index is -0.890. The SMILES string of the molecule is CCc1c(F)ccc2cc(O)cc(-c3nc4c5c(nc(OC[C@@]67CCCN6C[C@H](F)C7)nc5c3F)N3CCCC[C@H]3CC4)c12. The van der Waals surface area contributed by atoms with Crippen LogP contribution in [0.1, 0.15) is 63.1 Å². The lowest BCUT2D eigenvalue weighted by atomic mass is 9.94. The number of benzene rings is 2. The van der Waals surface area contributed by atoms with Crippen LogP contribution < -0.4 is 9.64 Å². The van der Waals surface area contributed by atoms with Gasteiger partial charge in [-0.05, 0) is 92.4 Å². The van der Waals surface area contributed by atoms with Crippen LogP contribution in [0.3, 0.4) is 0 Å². The molecule has 2 aromatic carbocycles. The van der Waals surface area contributed by atoms with E-state index < -0.39 is 17.5 Å². The highest BCUT2D eigenvalue weighted by Crippen LogP contribution is 2.44. The van der Waals surface area contributed by atoms with Gasteiger partial charge in [-0.2, -0.15) is 9.97 Å². The fraction of sp³-hybridized carbons (Fsp3) is 0.500. The third-order valence-electron chi connectivity index (χ3n) is 10.4. The number of alkyl halides is 1. The molecule has 0 aliphatic carbocycles. The zero-order chi connectivity index (χ0) is 30.2. The molecule has 7 nitrogen and oxygen atoms in total. The normalized spacial score (nSPS) is 25.0. The number of aromatic nitrogens is 3. The van der Waals surface area contributed by atoms with E-state index in [1.807, 2.05) is 6.92 Å². The Hall–Kier alpha value is -3.66. The Bertz CT molecular complexity index is 1800. The van der Waals surface area contributed by atoms with Crippen LogP contribution >= 0.6 is 0 Å². The number of pyridine rings is 1. The lowest BCUT2D eigenvalue weighted by Crippen LogP contribution is -2.43. The van der Waals surface area contributed by atoms with Gasteiger partial charge in [0.25, 0.3) is 0 Å². The predicted octanol–water partition coefficient (Wildman–Crippen LogP) is 6.65. The number of hydrogen-bond donors (Lipinski definition) is 1. The molecule has 2 aromatic heterocycles. The van der Waals surface area contributed by atoms with Gasteiger partial charge in [0, 0.05) is 31.1 Å². The average molecular weight is 604 g/mol. The van der Waals surface area contributed by atoms with Crippen molar-refractivity contribution in [1.82, 2.24) is 19.9 Å². The maximum Gasteiger partial charge on any atom is 0.319 e. The van der Waals surface area contributed by atoms with Crippen LogP contribution in [0.15, 0.2) is 24.3 Å². The van der Waals surface area contributed by atoms with Crippen LogP contribution in [0.2, 0.25) is 0 Å². The Morgan fingerprint density at radius 1 is 1.05 bits per heavy atom. The molecule has 0 amide bonds. The van der Waals surface area contributed by atoms with Crippen molar-refractivity contribution in [2.45, 2.75) is 82.5 Å². The van der Waals surface area contributed by atoms with E-state index in [4.69, 9.17) is 14.7 Å². The first-order chi connectivity index (χ1) is 21.3. The summed E-state index contributed by atoms with van der Waals surface area (Å²) in [6, 6.07) is 6.32.